The number of benzene rings is 1. The van der Waals surface area contributed by atoms with E-state index in [1.54, 1.807) is 32.9 Å². The number of phenolic OH excluding ortho intramolecular Hbond substituents is 1. The minimum absolute atomic E-state index is 0.135. The minimum atomic E-state index is -0.517. The van der Waals surface area contributed by atoms with Gasteiger partial charge in [-0.1, -0.05) is 6.58 Å². The summed E-state index contributed by atoms with van der Waals surface area (Å²) in [4.78, 5) is 11.5. The number of nitrogens with one attached hydrogen (secondary N) is 1. The molecule has 0 aromatic heterocycles. The highest BCUT2D eigenvalue weighted by Gasteiger charge is 2.15. The monoisotopic (exact) mass is 278 g/mol. The van der Waals surface area contributed by atoms with Crippen molar-refractivity contribution in [1.29, 1.82) is 0 Å². The van der Waals surface area contributed by atoms with E-state index in [9.17, 15) is 9.90 Å². The Labute approximate surface area is 119 Å². The summed E-state index contributed by atoms with van der Waals surface area (Å²) in [6.07, 6.45) is 0.0570. The molecule has 0 saturated carbocycles. The van der Waals surface area contributed by atoms with Crippen molar-refractivity contribution in [3.05, 3.63) is 30.3 Å². The molecule has 110 valence electrons. The molecule has 0 unspecified atom stereocenters. The number of nitrogens with two attached hydrogens (primary N) is 1. The van der Waals surface area contributed by atoms with E-state index in [0.29, 0.717) is 24.2 Å². The number of alkyl carbamates (subject to hydrolysis) is 1. The number of nitrogen functional groups attached to an aromatic ring is 1. The Morgan fingerprint density at radius 1 is 1.45 bits per heavy atom. The highest BCUT2D eigenvalue weighted by atomic mass is 16.6. The van der Waals surface area contributed by atoms with E-state index in [4.69, 9.17) is 10.5 Å². The molecule has 1 aromatic carbocycles. The van der Waals surface area contributed by atoms with E-state index in [1.165, 1.54) is 6.07 Å². The largest absolute Gasteiger partial charge is 0.508 e. The molecule has 1 rings (SSSR count). The fourth-order valence-corrected chi connectivity index (χ4v) is 1.61. The van der Waals surface area contributed by atoms with Crippen LogP contribution in [0.5, 0.6) is 5.75 Å². The second-order valence-electron chi connectivity index (χ2n) is 5.55. The topological polar surface area (TPSA) is 84.6 Å². The zero-order valence-electron chi connectivity index (χ0n) is 12.2. The normalized spacial score (nSPS) is 10.9. The molecule has 4 N–H and O–H groups in total. The Morgan fingerprint density at radius 3 is 2.70 bits per heavy atom. The lowest BCUT2D eigenvalue weighted by Gasteiger charge is -2.19. The number of ether oxygens (including phenoxy) is 1. The molecule has 0 atom stereocenters. The molecule has 0 saturated heterocycles. The van der Waals surface area contributed by atoms with Gasteiger partial charge in [-0.15, -0.1) is 0 Å². The average Bonchev–Trinajstić information content (AvgIpc) is 2.29. The molecule has 0 aliphatic heterocycles. The van der Waals surface area contributed by atoms with E-state index < -0.39 is 11.7 Å². The number of phenols is 1. The lowest BCUT2D eigenvalue weighted by Crippen LogP contribution is -2.33. The first-order valence-electron chi connectivity index (χ1n) is 6.42. The average molecular weight is 278 g/mol. The molecular weight excluding hydrogens is 256 g/mol. The van der Waals surface area contributed by atoms with E-state index in [2.05, 4.69) is 11.9 Å². The van der Waals surface area contributed by atoms with Gasteiger partial charge in [0.25, 0.3) is 0 Å². The number of aromatic hydroxyl groups is 1. The summed E-state index contributed by atoms with van der Waals surface area (Å²) in [7, 11) is 0. The molecule has 1 aromatic rings. The van der Waals surface area contributed by atoms with Gasteiger partial charge in [-0.05, 0) is 51.0 Å². The van der Waals surface area contributed by atoms with Crippen molar-refractivity contribution in [3.63, 3.8) is 0 Å². The Morgan fingerprint density at radius 2 is 2.10 bits per heavy atom. The van der Waals surface area contributed by atoms with Crippen molar-refractivity contribution >= 4 is 17.4 Å². The lowest BCUT2D eigenvalue weighted by atomic mass is 10.0. The number of carbonyl (C=O) groups excluding carboxylic acids is 1. The van der Waals surface area contributed by atoms with Crippen molar-refractivity contribution in [2.24, 2.45) is 0 Å². The quantitative estimate of drug-likeness (QED) is 0.584. The number of rotatable bonds is 4. The van der Waals surface area contributed by atoms with E-state index in [-0.39, 0.29) is 5.75 Å². The van der Waals surface area contributed by atoms with Crippen molar-refractivity contribution in [3.8, 4) is 5.75 Å². The molecule has 0 aliphatic rings. The summed E-state index contributed by atoms with van der Waals surface area (Å²) >= 11 is 0. The second kappa shape index (κ2) is 6.32. The molecular formula is C15H22N2O3. The molecule has 0 heterocycles. The van der Waals surface area contributed by atoms with E-state index >= 15 is 0 Å². The van der Waals surface area contributed by atoms with Gasteiger partial charge in [0.15, 0.2) is 0 Å². The minimum Gasteiger partial charge on any atom is -0.508 e. The van der Waals surface area contributed by atoms with Gasteiger partial charge in [-0.25, -0.2) is 4.79 Å². The molecule has 5 nitrogen and oxygen atoms in total. The van der Waals surface area contributed by atoms with Crippen LogP contribution in [0.1, 0.15) is 32.8 Å². The molecule has 0 fully saturated rings. The number of carbonyl (C=O) groups is 1. The van der Waals surface area contributed by atoms with E-state index in [1.807, 2.05) is 0 Å². The second-order valence-corrected chi connectivity index (χ2v) is 5.55. The van der Waals surface area contributed by atoms with E-state index in [0.717, 1.165) is 5.57 Å². The maximum atomic E-state index is 11.5. The number of anilines is 1. The highest BCUT2D eigenvalue weighted by Crippen LogP contribution is 2.26. The molecule has 5 heteroatoms. The third kappa shape index (κ3) is 5.22. The first-order valence-corrected chi connectivity index (χ1v) is 6.42. The van der Waals surface area contributed by atoms with Crippen LogP contribution < -0.4 is 11.1 Å². The van der Waals surface area contributed by atoms with Crippen LogP contribution in [-0.4, -0.2) is 23.3 Å². The highest BCUT2D eigenvalue weighted by molar-refractivity contribution is 5.75. The van der Waals surface area contributed by atoms with Crippen molar-refractivity contribution in [1.82, 2.24) is 5.32 Å². The fraction of sp³-hybridized carbons (Fsp3) is 0.400. The Hall–Kier alpha value is -2.17. The molecule has 1 amide bonds. The third-order valence-corrected chi connectivity index (χ3v) is 2.51. The molecule has 0 bridgehead atoms. The summed E-state index contributed by atoms with van der Waals surface area (Å²) in [6, 6.07) is 4.70. The maximum absolute atomic E-state index is 11.5. The Balaban J connectivity index is 2.48. The van der Waals surface area contributed by atoms with Gasteiger partial charge in [-0.3, -0.25) is 0 Å². The van der Waals surface area contributed by atoms with Gasteiger partial charge in [0.05, 0.1) is 0 Å². The van der Waals surface area contributed by atoms with Crippen LogP contribution in [0.2, 0.25) is 0 Å². The lowest BCUT2D eigenvalue weighted by molar-refractivity contribution is 0.0529. The van der Waals surface area contributed by atoms with Crippen LogP contribution in [0.15, 0.2) is 24.8 Å². The van der Waals surface area contributed by atoms with Crippen molar-refractivity contribution in [2.45, 2.75) is 32.8 Å². The van der Waals surface area contributed by atoms with Crippen LogP contribution in [0.25, 0.3) is 5.57 Å². The van der Waals surface area contributed by atoms with Gasteiger partial charge in [0.1, 0.15) is 11.4 Å². The van der Waals surface area contributed by atoms with Crippen molar-refractivity contribution in [2.75, 3.05) is 12.3 Å². The molecule has 0 aliphatic carbocycles. The predicted octanol–water partition coefficient (Wildman–Crippen LogP) is 2.90. The van der Waals surface area contributed by atoms with Gasteiger partial charge >= 0.3 is 6.09 Å². The summed E-state index contributed by atoms with van der Waals surface area (Å²) in [5.41, 5.74) is 7.29. The summed E-state index contributed by atoms with van der Waals surface area (Å²) in [5.74, 6) is 0.135. The van der Waals surface area contributed by atoms with Gasteiger partial charge < -0.3 is 20.9 Å². The van der Waals surface area contributed by atoms with Gasteiger partial charge in [0, 0.05) is 17.8 Å². The fourth-order valence-electron chi connectivity index (χ4n) is 1.61. The molecule has 0 radical (unpaired) electrons. The maximum Gasteiger partial charge on any atom is 0.407 e. The van der Waals surface area contributed by atoms with Gasteiger partial charge in [0.2, 0.25) is 0 Å². The number of hydrogen-bond donors (Lipinski definition) is 3. The van der Waals surface area contributed by atoms with Gasteiger partial charge in [-0.2, -0.15) is 0 Å². The standard InChI is InChI=1S/C15H22N2O3/c1-10(12-9-11(18)5-6-13(12)16)7-8-17-14(19)20-15(2,3)4/h5-6,9,18H,1,7-8,16H2,2-4H3,(H,17,19). The SMILES string of the molecule is C=C(CCNC(=O)OC(C)(C)C)c1cc(O)ccc1N. The molecule has 0 spiro atoms. The van der Waals surface area contributed by atoms with Crippen molar-refractivity contribution < 1.29 is 14.6 Å². The van der Waals surface area contributed by atoms with Crippen LogP contribution >= 0.6 is 0 Å². The Kier molecular flexibility index (Phi) is 5.02. The van der Waals surface area contributed by atoms with Crippen LogP contribution in [0.4, 0.5) is 10.5 Å². The van der Waals surface area contributed by atoms with Crippen LogP contribution in [0, 0.1) is 0 Å². The summed E-state index contributed by atoms with van der Waals surface area (Å²) in [5, 5.41) is 12.1. The zero-order chi connectivity index (χ0) is 15.3. The third-order valence-electron chi connectivity index (χ3n) is 2.51. The first-order chi connectivity index (χ1) is 9.19. The first kappa shape index (κ1) is 15.9. The predicted molar refractivity (Wildman–Crippen MR) is 80.4 cm³/mol. The summed E-state index contributed by atoms with van der Waals surface area (Å²) < 4.78 is 5.12. The van der Waals surface area contributed by atoms with Crippen LogP contribution in [-0.2, 0) is 4.74 Å². The Bertz CT molecular complexity index is 504. The molecule has 20 heavy (non-hydrogen) atoms. The smallest absolute Gasteiger partial charge is 0.407 e. The summed E-state index contributed by atoms with van der Waals surface area (Å²) in [6.45, 7) is 9.72. The number of amides is 1. The number of hydrogen-bond acceptors (Lipinski definition) is 4. The van der Waals surface area contributed by atoms with Crippen LogP contribution in [0.3, 0.4) is 0 Å². The zero-order valence-corrected chi connectivity index (χ0v) is 12.2.